The fraction of sp³-hybridized carbons (Fsp3) is 0.706. The van der Waals surface area contributed by atoms with Crippen molar-refractivity contribution < 1.29 is 4.74 Å². The maximum atomic E-state index is 5.24. The molecule has 1 aromatic rings. The van der Waals surface area contributed by atoms with Crippen LogP contribution in [0.1, 0.15) is 38.7 Å². The molecule has 0 amide bonds. The van der Waals surface area contributed by atoms with Crippen LogP contribution in [-0.2, 0) is 6.54 Å². The van der Waals surface area contributed by atoms with Gasteiger partial charge in [-0.25, -0.2) is 4.98 Å². The van der Waals surface area contributed by atoms with Crippen LogP contribution in [-0.4, -0.2) is 41.7 Å². The Balaban J connectivity index is 1.73. The van der Waals surface area contributed by atoms with Crippen LogP contribution in [0.4, 0.5) is 0 Å². The van der Waals surface area contributed by atoms with E-state index in [0.717, 1.165) is 25.6 Å². The SMILES string of the molecule is CCC1CNC(C)(C2CC2)CN1Cc1ccnc(OC)c1. The van der Waals surface area contributed by atoms with Gasteiger partial charge in [0.05, 0.1) is 7.11 Å². The van der Waals surface area contributed by atoms with Crippen LogP contribution in [0, 0.1) is 5.92 Å². The molecule has 2 heterocycles. The van der Waals surface area contributed by atoms with Gasteiger partial charge in [-0.3, -0.25) is 4.90 Å². The largest absolute Gasteiger partial charge is 0.481 e. The van der Waals surface area contributed by atoms with Gasteiger partial charge in [0.25, 0.3) is 0 Å². The standard InChI is InChI=1S/C17H27N3O/c1-4-15-10-19-17(2,14-5-6-14)12-20(15)11-13-7-8-18-16(9-13)21-3/h7-9,14-15,19H,4-6,10-12H2,1-3H3. The second-order valence-corrected chi connectivity index (χ2v) is 6.75. The van der Waals surface area contributed by atoms with E-state index in [1.54, 1.807) is 7.11 Å². The Labute approximate surface area is 127 Å². The number of nitrogens with one attached hydrogen (secondary N) is 1. The average Bonchev–Trinajstić information content (AvgIpc) is 3.33. The molecule has 4 nitrogen and oxygen atoms in total. The third kappa shape index (κ3) is 3.22. The topological polar surface area (TPSA) is 37.4 Å². The molecule has 1 aliphatic heterocycles. The van der Waals surface area contributed by atoms with Crippen LogP contribution >= 0.6 is 0 Å². The van der Waals surface area contributed by atoms with E-state index >= 15 is 0 Å². The number of nitrogens with zero attached hydrogens (tertiary/aromatic N) is 2. The van der Waals surface area contributed by atoms with Gasteiger partial charge < -0.3 is 10.1 Å². The molecule has 0 aromatic carbocycles. The number of hydrogen-bond donors (Lipinski definition) is 1. The normalized spacial score (nSPS) is 30.3. The number of ether oxygens (including phenoxy) is 1. The van der Waals surface area contributed by atoms with Crippen LogP contribution in [0.2, 0.25) is 0 Å². The van der Waals surface area contributed by atoms with Crippen LogP contribution in [0.5, 0.6) is 5.88 Å². The molecule has 1 saturated heterocycles. The Morgan fingerprint density at radius 2 is 2.29 bits per heavy atom. The van der Waals surface area contributed by atoms with E-state index in [1.807, 2.05) is 6.20 Å². The number of rotatable bonds is 5. The molecule has 0 bridgehead atoms. The summed E-state index contributed by atoms with van der Waals surface area (Å²) in [7, 11) is 1.68. The monoisotopic (exact) mass is 289 g/mol. The third-order valence-corrected chi connectivity index (χ3v) is 5.13. The molecule has 3 rings (SSSR count). The maximum Gasteiger partial charge on any atom is 0.213 e. The zero-order valence-electron chi connectivity index (χ0n) is 13.4. The van der Waals surface area contributed by atoms with Crippen molar-refractivity contribution in [1.29, 1.82) is 0 Å². The van der Waals surface area contributed by atoms with Crippen LogP contribution in [0.25, 0.3) is 0 Å². The molecule has 2 fully saturated rings. The van der Waals surface area contributed by atoms with Crippen molar-refractivity contribution in [1.82, 2.24) is 15.2 Å². The number of hydrogen-bond acceptors (Lipinski definition) is 4. The summed E-state index contributed by atoms with van der Waals surface area (Å²) in [5.74, 6) is 1.57. The minimum atomic E-state index is 0.294. The van der Waals surface area contributed by atoms with E-state index in [9.17, 15) is 0 Å². The highest BCUT2D eigenvalue weighted by molar-refractivity contribution is 5.21. The predicted octanol–water partition coefficient (Wildman–Crippen LogP) is 2.44. The minimum absolute atomic E-state index is 0.294. The van der Waals surface area contributed by atoms with E-state index in [0.29, 0.717) is 17.5 Å². The molecule has 1 aliphatic carbocycles. The van der Waals surface area contributed by atoms with Gasteiger partial charge >= 0.3 is 0 Å². The molecule has 0 radical (unpaired) electrons. The van der Waals surface area contributed by atoms with Crippen molar-refractivity contribution in [2.24, 2.45) is 5.92 Å². The van der Waals surface area contributed by atoms with Crippen molar-refractivity contribution >= 4 is 0 Å². The number of piperazine rings is 1. The molecule has 2 unspecified atom stereocenters. The first-order valence-electron chi connectivity index (χ1n) is 8.12. The second kappa shape index (κ2) is 5.93. The Bertz CT molecular complexity index is 489. The first kappa shape index (κ1) is 14.8. The van der Waals surface area contributed by atoms with Crippen molar-refractivity contribution in [2.45, 2.75) is 51.2 Å². The molecule has 116 valence electrons. The van der Waals surface area contributed by atoms with Gasteiger partial charge in [-0.2, -0.15) is 0 Å². The van der Waals surface area contributed by atoms with Crippen molar-refractivity contribution in [2.75, 3.05) is 20.2 Å². The van der Waals surface area contributed by atoms with Gasteiger partial charge in [0.15, 0.2) is 0 Å². The Hall–Kier alpha value is -1.13. The first-order valence-corrected chi connectivity index (χ1v) is 8.12. The first-order chi connectivity index (χ1) is 10.1. The number of pyridine rings is 1. The predicted molar refractivity (Wildman–Crippen MR) is 84.4 cm³/mol. The average molecular weight is 289 g/mol. The summed E-state index contributed by atoms with van der Waals surface area (Å²) in [5.41, 5.74) is 1.59. The molecule has 2 atom stereocenters. The lowest BCUT2D eigenvalue weighted by molar-refractivity contribution is 0.0665. The molecular formula is C17H27N3O. The van der Waals surface area contributed by atoms with Gasteiger partial charge in [-0.15, -0.1) is 0 Å². The van der Waals surface area contributed by atoms with Crippen molar-refractivity contribution in [3.05, 3.63) is 23.9 Å². The number of aromatic nitrogens is 1. The fourth-order valence-corrected chi connectivity index (χ4v) is 3.56. The second-order valence-electron chi connectivity index (χ2n) is 6.75. The summed E-state index contributed by atoms with van der Waals surface area (Å²) in [6, 6.07) is 4.78. The lowest BCUT2D eigenvalue weighted by Gasteiger charge is -2.46. The lowest BCUT2D eigenvalue weighted by atomic mass is 9.90. The van der Waals surface area contributed by atoms with Gasteiger partial charge in [-0.1, -0.05) is 6.92 Å². The Morgan fingerprint density at radius 3 is 2.95 bits per heavy atom. The highest BCUT2D eigenvalue weighted by Crippen LogP contribution is 2.41. The van der Waals surface area contributed by atoms with Crippen molar-refractivity contribution in [3.8, 4) is 5.88 Å². The summed E-state index contributed by atoms with van der Waals surface area (Å²) in [5, 5.41) is 3.82. The number of methoxy groups -OCH3 is 1. The van der Waals surface area contributed by atoms with Gasteiger partial charge in [-0.05, 0) is 43.7 Å². The lowest BCUT2D eigenvalue weighted by Crippen LogP contribution is -2.63. The summed E-state index contributed by atoms with van der Waals surface area (Å²) < 4.78 is 5.24. The van der Waals surface area contributed by atoms with Crippen LogP contribution in [0.3, 0.4) is 0 Å². The van der Waals surface area contributed by atoms with E-state index in [2.05, 4.69) is 41.2 Å². The van der Waals surface area contributed by atoms with E-state index in [1.165, 1.54) is 24.8 Å². The zero-order chi connectivity index (χ0) is 14.9. The molecule has 1 N–H and O–H groups in total. The molecule has 2 aliphatic rings. The van der Waals surface area contributed by atoms with Crippen LogP contribution in [0.15, 0.2) is 18.3 Å². The highest BCUT2D eigenvalue weighted by Gasteiger charge is 2.45. The Kier molecular flexibility index (Phi) is 4.18. The highest BCUT2D eigenvalue weighted by atomic mass is 16.5. The van der Waals surface area contributed by atoms with Crippen LogP contribution < -0.4 is 10.1 Å². The van der Waals surface area contributed by atoms with Crippen molar-refractivity contribution in [3.63, 3.8) is 0 Å². The Morgan fingerprint density at radius 1 is 1.48 bits per heavy atom. The molecule has 1 saturated carbocycles. The minimum Gasteiger partial charge on any atom is -0.481 e. The van der Waals surface area contributed by atoms with E-state index in [-0.39, 0.29) is 0 Å². The van der Waals surface area contributed by atoms with Gasteiger partial charge in [0, 0.05) is 43.5 Å². The molecule has 1 aromatic heterocycles. The fourth-order valence-electron chi connectivity index (χ4n) is 3.56. The summed E-state index contributed by atoms with van der Waals surface area (Å²) >= 11 is 0. The summed E-state index contributed by atoms with van der Waals surface area (Å²) in [6.45, 7) is 7.91. The molecule has 4 heteroatoms. The third-order valence-electron chi connectivity index (χ3n) is 5.13. The molecule has 21 heavy (non-hydrogen) atoms. The molecule has 0 spiro atoms. The maximum absolute atomic E-state index is 5.24. The quantitative estimate of drug-likeness (QED) is 0.903. The van der Waals surface area contributed by atoms with Gasteiger partial charge in [0.2, 0.25) is 5.88 Å². The van der Waals surface area contributed by atoms with E-state index < -0.39 is 0 Å². The van der Waals surface area contributed by atoms with E-state index in [4.69, 9.17) is 4.74 Å². The zero-order valence-corrected chi connectivity index (χ0v) is 13.4. The smallest absolute Gasteiger partial charge is 0.213 e. The summed E-state index contributed by atoms with van der Waals surface area (Å²) in [4.78, 5) is 6.85. The summed E-state index contributed by atoms with van der Waals surface area (Å²) in [6.07, 6.45) is 5.81. The van der Waals surface area contributed by atoms with Gasteiger partial charge in [0.1, 0.15) is 0 Å². The molecular weight excluding hydrogens is 262 g/mol.